The summed E-state index contributed by atoms with van der Waals surface area (Å²) in [5.74, 6) is 2.06. The Balaban J connectivity index is 1.99. The molecule has 2 N–H and O–H groups in total. The fourth-order valence-corrected chi connectivity index (χ4v) is 1.22. The standard InChI is InChI=1S/C11H12N2O2/c1-8-6-13-11(15-8)7-14-10-4-2-3-9(12)5-10/h2-6H,7,12H2,1H3. The second kappa shape index (κ2) is 4.04. The van der Waals surface area contributed by atoms with Crippen molar-refractivity contribution < 1.29 is 9.15 Å². The van der Waals surface area contributed by atoms with Crippen LogP contribution >= 0.6 is 0 Å². The number of rotatable bonds is 3. The summed E-state index contributed by atoms with van der Waals surface area (Å²) in [7, 11) is 0. The summed E-state index contributed by atoms with van der Waals surface area (Å²) in [5.41, 5.74) is 6.29. The molecule has 0 saturated carbocycles. The van der Waals surface area contributed by atoms with Gasteiger partial charge in [-0.05, 0) is 19.1 Å². The fraction of sp³-hybridized carbons (Fsp3) is 0.182. The van der Waals surface area contributed by atoms with E-state index in [4.69, 9.17) is 14.9 Å². The third-order valence-corrected chi connectivity index (χ3v) is 1.89. The van der Waals surface area contributed by atoms with E-state index in [2.05, 4.69) is 4.98 Å². The summed E-state index contributed by atoms with van der Waals surface area (Å²) in [4.78, 5) is 4.03. The highest BCUT2D eigenvalue weighted by molar-refractivity contribution is 5.43. The van der Waals surface area contributed by atoms with Gasteiger partial charge in [0.15, 0.2) is 6.61 Å². The minimum absolute atomic E-state index is 0.317. The lowest BCUT2D eigenvalue weighted by atomic mass is 10.3. The quantitative estimate of drug-likeness (QED) is 0.778. The van der Waals surface area contributed by atoms with Crippen LogP contribution in [0.1, 0.15) is 11.7 Å². The van der Waals surface area contributed by atoms with Crippen LogP contribution in [0, 0.1) is 6.92 Å². The maximum atomic E-state index is 5.61. The van der Waals surface area contributed by atoms with Crippen LogP contribution in [0.5, 0.6) is 5.75 Å². The molecule has 1 aromatic carbocycles. The van der Waals surface area contributed by atoms with E-state index in [1.165, 1.54) is 0 Å². The van der Waals surface area contributed by atoms with Gasteiger partial charge in [-0.1, -0.05) is 6.07 Å². The molecule has 4 heteroatoms. The molecule has 1 aromatic heterocycles. The number of nitrogens with two attached hydrogens (primary N) is 1. The lowest BCUT2D eigenvalue weighted by Crippen LogP contribution is -1.96. The Hall–Kier alpha value is -1.97. The van der Waals surface area contributed by atoms with Crippen molar-refractivity contribution in [2.45, 2.75) is 13.5 Å². The summed E-state index contributed by atoms with van der Waals surface area (Å²) in [6.07, 6.45) is 1.66. The van der Waals surface area contributed by atoms with E-state index in [0.717, 1.165) is 5.76 Å². The molecule has 0 saturated heterocycles. The number of nitrogen functional groups attached to an aromatic ring is 1. The molecule has 0 radical (unpaired) electrons. The molecule has 15 heavy (non-hydrogen) atoms. The first-order chi connectivity index (χ1) is 7.24. The van der Waals surface area contributed by atoms with Crippen LogP contribution in [0.25, 0.3) is 0 Å². The van der Waals surface area contributed by atoms with Crippen molar-refractivity contribution in [2.75, 3.05) is 5.73 Å². The van der Waals surface area contributed by atoms with Gasteiger partial charge in [-0.25, -0.2) is 4.98 Å². The molecule has 0 bridgehead atoms. The van der Waals surface area contributed by atoms with Crippen LogP contribution in [-0.4, -0.2) is 4.98 Å². The SMILES string of the molecule is Cc1cnc(COc2cccc(N)c2)o1. The molecular weight excluding hydrogens is 192 g/mol. The first kappa shape index (κ1) is 9.58. The van der Waals surface area contributed by atoms with Gasteiger partial charge in [-0.2, -0.15) is 0 Å². The van der Waals surface area contributed by atoms with Crippen molar-refractivity contribution >= 4 is 5.69 Å². The highest BCUT2D eigenvalue weighted by Crippen LogP contribution is 2.15. The lowest BCUT2D eigenvalue weighted by molar-refractivity contribution is 0.260. The second-order valence-corrected chi connectivity index (χ2v) is 3.23. The fourth-order valence-electron chi connectivity index (χ4n) is 1.22. The van der Waals surface area contributed by atoms with Crippen LogP contribution < -0.4 is 10.5 Å². The van der Waals surface area contributed by atoms with Gasteiger partial charge in [0.05, 0.1) is 6.20 Å². The molecule has 0 unspecified atom stereocenters. The highest BCUT2D eigenvalue weighted by Gasteiger charge is 2.01. The molecule has 0 amide bonds. The molecule has 0 fully saturated rings. The van der Waals surface area contributed by atoms with E-state index < -0.39 is 0 Å². The molecular formula is C11H12N2O2. The minimum atomic E-state index is 0.317. The first-order valence-electron chi connectivity index (χ1n) is 4.64. The highest BCUT2D eigenvalue weighted by atomic mass is 16.5. The van der Waals surface area contributed by atoms with Crippen molar-refractivity contribution in [3.05, 3.63) is 42.1 Å². The number of oxazole rings is 1. The molecule has 2 rings (SSSR count). The van der Waals surface area contributed by atoms with Gasteiger partial charge in [-0.3, -0.25) is 0 Å². The van der Waals surface area contributed by atoms with E-state index >= 15 is 0 Å². The largest absolute Gasteiger partial charge is 0.484 e. The maximum Gasteiger partial charge on any atom is 0.232 e. The zero-order valence-corrected chi connectivity index (χ0v) is 8.43. The number of aryl methyl sites for hydroxylation is 1. The number of benzene rings is 1. The van der Waals surface area contributed by atoms with Crippen molar-refractivity contribution in [1.29, 1.82) is 0 Å². The van der Waals surface area contributed by atoms with Gasteiger partial charge in [0.2, 0.25) is 5.89 Å². The van der Waals surface area contributed by atoms with Crippen LogP contribution in [0.4, 0.5) is 5.69 Å². The third kappa shape index (κ3) is 2.49. The van der Waals surface area contributed by atoms with Gasteiger partial charge < -0.3 is 14.9 Å². The van der Waals surface area contributed by atoms with E-state index in [-0.39, 0.29) is 0 Å². The topological polar surface area (TPSA) is 61.3 Å². The Morgan fingerprint density at radius 1 is 1.47 bits per heavy atom. The van der Waals surface area contributed by atoms with Crippen LogP contribution in [0.2, 0.25) is 0 Å². The average Bonchev–Trinajstić information content (AvgIpc) is 2.62. The smallest absolute Gasteiger partial charge is 0.232 e. The van der Waals surface area contributed by atoms with Gasteiger partial charge in [0.1, 0.15) is 11.5 Å². The van der Waals surface area contributed by atoms with Gasteiger partial charge >= 0.3 is 0 Å². The lowest BCUT2D eigenvalue weighted by Gasteiger charge is -2.03. The number of hydrogen-bond donors (Lipinski definition) is 1. The molecule has 0 aliphatic carbocycles. The zero-order chi connectivity index (χ0) is 10.7. The Bertz CT molecular complexity index is 451. The Morgan fingerprint density at radius 2 is 2.33 bits per heavy atom. The van der Waals surface area contributed by atoms with Crippen LogP contribution in [0.15, 0.2) is 34.9 Å². The van der Waals surface area contributed by atoms with Gasteiger partial charge in [0.25, 0.3) is 0 Å². The predicted octanol–water partition coefficient (Wildman–Crippen LogP) is 2.14. The number of ether oxygens (including phenoxy) is 1. The monoisotopic (exact) mass is 204 g/mol. The summed E-state index contributed by atoms with van der Waals surface area (Å²) in [5, 5.41) is 0. The summed E-state index contributed by atoms with van der Waals surface area (Å²) >= 11 is 0. The van der Waals surface area contributed by atoms with Crippen molar-refractivity contribution in [2.24, 2.45) is 0 Å². The van der Waals surface area contributed by atoms with Crippen molar-refractivity contribution in [1.82, 2.24) is 4.98 Å². The number of hydrogen-bond acceptors (Lipinski definition) is 4. The molecule has 0 atom stereocenters. The second-order valence-electron chi connectivity index (χ2n) is 3.23. The molecule has 4 nitrogen and oxygen atoms in total. The normalized spacial score (nSPS) is 10.2. The average molecular weight is 204 g/mol. The number of nitrogens with zero attached hydrogens (tertiary/aromatic N) is 1. The Kier molecular flexibility index (Phi) is 2.58. The number of aromatic nitrogens is 1. The van der Waals surface area contributed by atoms with E-state index in [1.807, 2.05) is 25.1 Å². The predicted molar refractivity (Wildman–Crippen MR) is 56.4 cm³/mol. The zero-order valence-electron chi connectivity index (χ0n) is 8.43. The first-order valence-corrected chi connectivity index (χ1v) is 4.64. The number of anilines is 1. The maximum absolute atomic E-state index is 5.61. The van der Waals surface area contributed by atoms with Crippen molar-refractivity contribution in [3.63, 3.8) is 0 Å². The summed E-state index contributed by atoms with van der Waals surface area (Å²) in [6, 6.07) is 7.25. The van der Waals surface area contributed by atoms with Crippen molar-refractivity contribution in [3.8, 4) is 5.75 Å². The molecule has 2 aromatic rings. The molecule has 0 aliphatic heterocycles. The third-order valence-electron chi connectivity index (χ3n) is 1.89. The molecule has 1 heterocycles. The molecule has 0 spiro atoms. The van der Waals surface area contributed by atoms with E-state index in [1.54, 1.807) is 12.3 Å². The Labute approximate surface area is 87.7 Å². The minimum Gasteiger partial charge on any atom is -0.484 e. The molecule has 0 aliphatic rings. The molecule has 78 valence electrons. The summed E-state index contributed by atoms with van der Waals surface area (Å²) < 4.78 is 10.7. The van der Waals surface area contributed by atoms with E-state index in [0.29, 0.717) is 23.9 Å². The van der Waals surface area contributed by atoms with Gasteiger partial charge in [0, 0.05) is 11.8 Å². The van der Waals surface area contributed by atoms with Crippen LogP contribution in [0.3, 0.4) is 0 Å². The van der Waals surface area contributed by atoms with Gasteiger partial charge in [-0.15, -0.1) is 0 Å². The van der Waals surface area contributed by atoms with E-state index in [9.17, 15) is 0 Å². The van der Waals surface area contributed by atoms with Crippen LogP contribution in [-0.2, 0) is 6.61 Å². The summed E-state index contributed by atoms with van der Waals surface area (Å²) in [6.45, 7) is 2.16. The Morgan fingerprint density at radius 3 is 3.00 bits per heavy atom.